The summed E-state index contributed by atoms with van der Waals surface area (Å²) in [7, 11) is 0. The Morgan fingerprint density at radius 1 is 0.952 bits per heavy atom. The van der Waals surface area contributed by atoms with Crippen molar-refractivity contribution in [3.8, 4) is 5.75 Å². The van der Waals surface area contributed by atoms with Crippen molar-refractivity contribution in [2.75, 3.05) is 6.61 Å². The zero-order valence-electron chi connectivity index (χ0n) is 11.4. The van der Waals surface area contributed by atoms with E-state index in [4.69, 9.17) is 9.47 Å². The quantitative estimate of drug-likeness (QED) is 0.750. The van der Waals surface area contributed by atoms with Crippen LogP contribution in [0.1, 0.15) is 17.0 Å². The minimum atomic E-state index is -0.262. The van der Waals surface area contributed by atoms with Crippen LogP contribution in [0.5, 0.6) is 5.75 Å². The van der Waals surface area contributed by atoms with Crippen molar-refractivity contribution in [2.45, 2.75) is 5.92 Å². The highest BCUT2D eigenvalue weighted by molar-refractivity contribution is 5.88. The van der Waals surface area contributed by atoms with Crippen molar-refractivity contribution in [3.05, 3.63) is 71.8 Å². The van der Waals surface area contributed by atoms with Crippen LogP contribution < -0.4 is 4.74 Å². The van der Waals surface area contributed by atoms with Gasteiger partial charge < -0.3 is 9.47 Å². The molecule has 0 N–H and O–H groups in total. The summed E-state index contributed by atoms with van der Waals surface area (Å²) in [6.07, 6.45) is 2.01. The number of para-hydroxylation sites is 1. The predicted molar refractivity (Wildman–Crippen MR) is 78.7 cm³/mol. The second kappa shape index (κ2) is 4.77. The third-order valence-electron chi connectivity index (χ3n) is 4.00. The lowest BCUT2D eigenvalue weighted by atomic mass is 9.82. The highest BCUT2D eigenvalue weighted by Gasteiger charge is 2.40. The maximum atomic E-state index is 12.5. The van der Waals surface area contributed by atoms with Gasteiger partial charge in [-0.2, -0.15) is 0 Å². The molecule has 3 nitrogen and oxygen atoms in total. The molecule has 0 saturated heterocycles. The van der Waals surface area contributed by atoms with Gasteiger partial charge in [0.05, 0.1) is 12.5 Å². The van der Waals surface area contributed by atoms with Crippen molar-refractivity contribution in [1.82, 2.24) is 0 Å². The van der Waals surface area contributed by atoms with Gasteiger partial charge in [0, 0.05) is 17.0 Å². The number of cyclic esters (lactones) is 1. The van der Waals surface area contributed by atoms with Crippen LogP contribution >= 0.6 is 0 Å². The van der Waals surface area contributed by atoms with Crippen LogP contribution in [0, 0.1) is 5.92 Å². The van der Waals surface area contributed by atoms with Crippen LogP contribution in [0.4, 0.5) is 0 Å². The van der Waals surface area contributed by atoms with E-state index in [0.717, 1.165) is 16.9 Å². The van der Waals surface area contributed by atoms with E-state index in [1.165, 1.54) is 0 Å². The maximum Gasteiger partial charge on any atom is 0.319 e. The molecule has 4 rings (SSSR count). The fourth-order valence-corrected chi connectivity index (χ4v) is 2.99. The van der Waals surface area contributed by atoms with E-state index in [2.05, 4.69) is 0 Å². The van der Waals surface area contributed by atoms with Crippen LogP contribution in [-0.4, -0.2) is 12.6 Å². The van der Waals surface area contributed by atoms with E-state index >= 15 is 0 Å². The first-order valence-corrected chi connectivity index (χ1v) is 7.03. The van der Waals surface area contributed by atoms with Crippen LogP contribution in [0.2, 0.25) is 0 Å². The van der Waals surface area contributed by atoms with Gasteiger partial charge in [0.25, 0.3) is 0 Å². The van der Waals surface area contributed by atoms with Gasteiger partial charge in [-0.05, 0) is 12.1 Å². The van der Waals surface area contributed by atoms with Crippen molar-refractivity contribution < 1.29 is 14.3 Å². The van der Waals surface area contributed by atoms with Crippen molar-refractivity contribution >= 4 is 11.7 Å². The first-order valence-electron chi connectivity index (χ1n) is 7.03. The van der Waals surface area contributed by atoms with E-state index in [-0.39, 0.29) is 17.8 Å². The standard InChI is InChI=1S/C18H14O3/c19-18-17-13(11-20-15-9-5-4-8-14(15)17)10-16(21-18)12-6-2-1-3-7-12/h1-10,13,17H,11H2/t13-,17-/m0/s1. The molecular formula is C18H14O3. The topological polar surface area (TPSA) is 35.5 Å². The summed E-state index contributed by atoms with van der Waals surface area (Å²) >= 11 is 0. The van der Waals surface area contributed by atoms with Gasteiger partial charge in [-0.3, -0.25) is 4.79 Å². The molecular weight excluding hydrogens is 264 g/mol. The average molecular weight is 278 g/mol. The van der Waals surface area contributed by atoms with E-state index in [1.807, 2.05) is 60.7 Å². The molecule has 2 aliphatic heterocycles. The molecule has 0 radical (unpaired) electrons. The lowest BCUT2D eigenvalue weighted by Gasteiger charge is -2.34. The van der Waals surface area contributed by atoms with E-state index in [0.29, 0.717) is 12.4 Å². The molecule has 0 saturated carbocycles. The normalized spacial score (nSPS) is 23.2. The number of benzene rings is 2. The molecule has 0 bridgehead atoms. The first kappa shape index (κ1) is 12.2. The van der Waals surface area contributed by atoms with Gasteiger partial charge in [-0.1, -0.05) is 48.5 Å². The molecule has 0 fully saturated rings. The second-order valence-electron chi connectivity index (χ2n) is 5.31. The van der Waals surface area contributed by atoms with Gasteiger partial charge in [0.2, 0.25) is 0 Å². The van der Waals surface area contributed by atoms with Gasteiger partial charge in [0.15, 0.2) is 0 Å². The highest BCUT2D eigenvalue weighted by atomic mass is 16.5. The molecule has 0 amide bonds. The van der Waals surface area contributed by atoms with Crippen LogP contribution in [-0.2, 0) is 9.53 Å². The zero-order chi connectivity index (χ0) is 14.2. The molecule has 0 aliphatic carbocycles. The molecule has 2 aromatic carbocycles. The Hall–Kier alpha value is -2.55. The lowest BCUT2D eigenvalue weighted by Crippen LogP contribution is -2.34. The van der Waals surface area contributed by atoms with E-state index in [9.17, 15) is 4.79 Å². The number of rotatable bonds is 1. The summed E-state index contributed by atoms with van der Waals surface area (Å²) in [4.78, 5) is 12.5. The summed E-state index contributed by atoms with van der Waals surface area (Å²) < 4.78 is 11.3. The molecule has 104 valence electrons. The largest absolute Gasteiger partial charge is 0.493 e. The molecule has 2 atom stereocenters. The molecule has 2 heterocycles. The van der Waals surface area contributed by atoms with Gasteiger partial charge in [-0.25, -0.2) is 0 Å². The van der Waals surface area contributed by atoms with Crippen LogP contribution in [0.3, 0.4) is 0 Å². The van der Waals surface area contributed by atoms with Gasteiger partial charge >= 0.3 is 5.97 Å². The minimum Gasteiger partial charge on any atom is -0.493 e. The second-order valence-corrected chi connectivity index (χ2v) is 5.31. The summed E-state index contributed by atoms with van der Waals surface area (Å²) in [5.41, 5.74) is 1.84. The Morgan fingerprint density at radius 2 is 1.71 bits per heavy atom. The lowest BCUT2D eigenvalue weighted by molar-refractivity contribution is -0.141. The van der Waals surface area contributed by atoms with Crippen molar-refractivity contribution in [2.24, 2.45) is 5.92 Å². The first-order chi connectivity index (χ1) is 10.3. The number of hydrogen-bond donors (Lipinski definition) is 0. The molecule has 0 unspecified atom stereocenters. The summed E-state index contributed by atoms with van der Waals surface area (Å²) in [5, 5.41) is 0. The number of fused-ring (bicyclic) bond motifs is 3. The van der Waals surface area contributed by atoms with Crippen molar-refractivity contribution in [3.63, 3.8) is 0 Å². The predicted octanol–water partition coefficient (Wildman–Crippen LogP) is 3.38. The third kappa shape index (κ3) is 2.02. The number of carbonyl (C=O) groups is 1. The summed E-state index contributed by atoms with van der Waals surface area (Å²) in [6, 6.07) is 17.4. The molecule has 2 aromatic rings. The molecule has 2 aliphatic rings. The zero-order valence-corrected chi connectivity index (χ0v) is 11.4. The molecule has 0 aromatic heterocycles. The van der Waals surface area contributed by atoms with E-state index < -0.39 is 0 Å². The number of hydrogen-bond acceptors (Lipinski definition) is 3. The highest BCUT2D eigenvalue weighted by Crippen LogP contribution is 2.42. The Morgan fingerprint density at radius 3 is 2.57 bits per heavy atom. The van der Waals surface area contributed by atoms with Gasteiger partial charge in [-0.15, -0.1) is 0 Å². The SMILES string of the molecule is O=C1OC(c2ccccc2)=C[C@H]2COc3ccccc3[C@@H]12. The minimum absolute atomic E-state index is 0.0244. The summed E-state index contributed by atoms with van der Waals surface area (Å²) in [5.74, 6) is 0.980. The Kier molecular flexibility index (Phi) is 2.78. The maximum absolute atomic E-state index is 12.5. The Labute approximate surface area is 122 Å². The Bertz CT molecular complexity index is 718. The van der Waals surface area contributed by atoms with Crippen LogP contribution in [0.25, 0.3) is 5.76 Å². The Balaban J connectivity index is 1.75. The number of carbonyl (C=O) groups excluding carboxylic acids is 1. The molecule has 0 spiro atoms. The monoisotopic (exact) mass is 278 g/mol. The smallest absolute Gasteiger partial charge is 0.319 e. The fraction of sp³-hybridized carbons (Fsp3) is 0.167. The van der Waals surface area contributed by atoms with Gasteiger partial charge in [0.1, 0.15) is 11.5 Å². The fourth-order valence-electron chi connectivity index (χ4n) is 2.99. The van der Waals surface area contributed by atoms with Crippen LogP contribution in [0.15, 0.2) is 60.7 Å². The molecule has 21 heavy (non-hydrogen) atoms. The van der Waals surface area contributed by atoms with Crippen molar-refractivity contribution in [1.29, 1.82) is 0 Å². The van der Waals surface area contributed by atoms with E-state index in [1.54, 1.807) is 0 Å². The summed E-state index contributed by atoms with van der Waals surface area (Å²) in [6.45, 7) is 0.507. The molecule has 3 heteroatoms. The third-order valence-corrected chi connectivity index (χ3v) is 4.00. The number of ether oxygens (including phenoxy) is 2. The number of esters is 1. The average Bonchev–Trinajstić information content (AvgIpc) is 2.55.